The monoisotopic (exact) mass is 247 g/mol. The average molecular weight is 247 g/mol. The van der Waals surface area contributed by atoms with Crippen LogP contribution in [0.3, 0.4) is 0 Å². The lowest BCUT2D eigenvalue weighted by molar-refractivity contribution is 0.120. The number of aromatic nitrogens is 1. The van der Waals surface area contributed by atoms with Gasteiger partial charge in [-0.25, -0.2) is 0 Å². The Morgan fingerprint density at radius 1 is 1.28 bits per heavy atom. The highest BCUT2D eigenvalue weighted by atomic mass is 16.1. The molecule has 0 aliphatic carbocycles. The van der Waals surface area contributed by atoms with E-state index in [4.69, 9.17) is 5.73 Å². The third kappa shape index (κ3) is 2.10. The van der Waals surface area contributed by atoms with Crippen molar-refractivity contribution in [1.82, 2.24) is 9.47 Å². The molecule has 1 saturated heterocycles. The maximum absolute atomic E-state index is 11.9. The maximum atomic E-state index is 11.9. The fourth-order valence-electron chi connectivity index (χ4n) is 3.49. The number of likely N-dealkylation sites (tertiary alicyclic amines) is 1. The maximum Gasteiger partial charge on any atom is 0.250 e. The van der Waals surface area contributed by atoms with Crippen LogP contribution >= 0.6 is 0 Å². The van der Waals surface area contributed by atoms with Crippen LogP contribution < -0.4 is 11.3 Å². The number of rotatable bonds is 3. The lowest BCUT2D eigenvalue weighted by Crippen LogP contribution is -2.47. The number of hydrogen-bond donors (Lipinski definition) is 1. The number of fused-ring (bicyclic) bond motifs is 4. The summed E-state index contributed by atoms with van der Waals surface area (Å²) >= 11 is 0. The van der Waals surface area contributed by atoms with Gasteiger partial charge in [0.25, 0.3) is 5.56 Å². The summed E-state index contributed by atoms with van der Waals surface area (Å²) in [5.74, 6) is 1.17. The topological polar surface area (TPSA) is 51.3 Å². The Labute approximate surface area is 107 Å². The fraction of sp³-hybridized carbons (Fsp3) is 0.643. The molecule has 0 unspecified atom stereocenters. The van der Waals surface area contributed by atoms with Crippen molar-refractivity contribution in [2.45, 2.75) is 25.3 Å². The molecule has 0 radical (unpaired) electrons. The van der Waals surface area contributed by atoms with Gasteiger partial charge >= 0.3 is 0 Å². The van der Waals surface area contributed by atoms with E-state index in [2.05, 4.69) is 11.0 Å². The second kappa shape index (κ2) is 4.86. The van der Waals surface area contributed by atoms with E-state index in [1.54, 1.807) is 6.07 Å². The first-order valence-corrected chi connectivity index (χ1v) is 6.90. The molecule has 2 aliphatic rings. The van der Waals surface area contributed by atoms with Crippen LogP contribution in [0.25, 0.3) is 0 Å². The van der Waals surface area contributed by atoms with Crippen molar-refractivity contribution < 1.29 is 0 Å². The van der Waals surface area contributed by atoms with Crippen molar-refractivity contribution in [1.29, 1.82) is 0 Å². The summed E-state index contributed by atoms with van der Waals surface area (Å²) in [7, 11) is 0. The van der Waals surface area contributed by atoms with Gasteiger partial charge in [-0.3, -0.25) is 4.79 Å². The van der Waals surface area contributed by atoms with Crippen LogP contribution in [0.1, 0.15) is 24.5 Å². The van der Waals surface area contributed by atoms with E-state index in [1.165, 1.54) is 12.1 Å². The number of nitrogens with two attached hydrogens (primary N) is 1. The largest absolute Gasteiger partial charge is 0.330 e. The summed E-state index contributed by atoms with van der Waals surface area (Å²) in [5, 5.41) is 0. The smallest absolute Gasteiger partial charge is 0.250 e. The zero-order valence-corrected chi connectivity index (χ0v) is 10.7. The molecule has 98 valence electrons. The summed E-state index contributed by atoms with van der Waals surface area (Å²) in [6.45, 7) is 4.96. The van der Waals surface area contributed by atoms with E-state index in [-0.39, 0.29) is 5.56 Å². The van der Waals surface area contributed by atoms with E-state index >= 15 is 0 Å². The summed E-state index contributed by atoms with van der Waals surface area (Å²) < 4.78 is 1.99. The second-order valence-electron chi connectivity index (χ2n) is 5.60. The highest BCUT2D eigenvalue weighted by Gasteiger charge is 2.33. The van der Waals surface area contributed by atoms with Crippen molar-refractivity contribution in [3.8, 4) is 0 Å². The molecule has 1 aromatic heterocycles. The number of hydrogen-bond acceptors (Lipinski definition) is 3. The predicted molar refractivity (Wildman–Crippen MR) is 71.7 cm³/mol. The van der Waals surface area contributed by atoms with Gasteiger partial charge < -0.3 is 15.2 Å². The molecule has 0 saturated carbocycles. The van der Waals surface area contributed by atoms with Crippen molar-refractivity contribution in [3.63, 3.8) is 0 Å². The SMILES string of the molecule is NCCCN1C[C@@H]2C[C@@H](C1)c1cccc(=O)n1C2. The Morgan fingerprint density at radius 3 is 3.00 bits per heavy atom. The number of piperidine rings is 1. The van der Waals surface area contributed by atoms with Crippen molar-refractivity contribution in [2.24, 2.45) is 11.7 Å². The molecule has 3 rings (SSSR count). The average Bonchev–Trinajstić information content (AvgIpc) is 2.38. The number of pyridine rings is 1. The zero-order chi connectivity index (χ0) is 12.5. The molecule has 18 heavy (non-hydrogen) atoms. The molecule has 3 heterocycles. The van der Waals surface area contributed by atoms with Crippen LogP contribution in [0.4, 0.5) is 0 Å². The first-order chi connectivity index (χ1) is 8.78. The summed E-state index contributed by atoms with van der Waals surface area (Å²) in [4.78, 5) is 14.4. The molecule has 4 heteroatoms. The van der Waals surface area contributed by atoms with Crippen LogP contribution in [0.15, 0.2) is 23.0 Å². The van der Waals surface area contributed by atoms with Crippen LogP contribution in [0, 0.1) is 5.92 Å². The van der Waals surface area contributed by atoms with Gasteiger partial charge in [0.15, 0.2) is 0 Å². The minimum Gasteiger partial charge on any atom is -0.330 e. The van der Waals surface area contributed by atoms with E-state index in [0.29, 0.717) is 11.8 Å². The molecular formula is C14H21N3O. The standard InChI is InChI=1S/C14H21N3O/c15-5-2-6-16-8-11-7-12(10-16)13-3-1-4-14(18)17(13)9-11/h1,3-4,11-12H,2,5-10,15H2/t11-,12-/m0/s1. The van der Waals surface area contributed by atoms with Gasteiger partial charge in [-0.2, -0.15) is 0 Å². The molecule has 4 nitrogen and oxygen atoms in total. The lowest BCUT2D eigenvalue weighted by Gasteiger charge is -2.42. The first kappa shape index (κ1) is 11.9. The van der Waals surface area contributed by atoms with Crippen LogP contribution in [-0.2, 0) is 6.54 Å². The molecule has 1 aromatic rings. The number of nitrogens with zero attached hydrogens (tertiary/aromatic N) is 2. The molecule has 0 spiro atoms. The van der Waals surface area contributed by atoms with Crippen LogP contribution in [0.5, 0.6) is 0 Å². The normalized spacial score (nSPS) is 26.9. The Hall–Kier alpha value is -1.13. The molecular weight excluding hydrogens is 226 g/mol. The first-order valence-electron chi connectivity index (χ1n) is 6.90. The molecule has 2 atom stereocenters. The summed E-state index contributed by atoms with van der Waals surface area (Å²) in [6, 6.07) is 5.69. The van der Waals surface area contributed by atoms with Gasteiger partial charge in [0.2, 0.25) is 0 Å². The highest BCUT2D eigenvalue weighted by Crippen LogP contribution is 2.34. The fourth-order valence-corrected chi connectivity index (χ4v) is 3.49. The van der Waals surface area contributed by atoms with Gasteiger partial charge in [-0.05, 0) is 37.9 Å². The van der Waals surface area contributed by atoms with E-state index < -0.39 is 0 Å². The molecule has 2 bridgehead atoms. The van der Waals surface area contributed by atoms with Gasteiger partial charge in [0, 0.05) is 37.3 Å². The van der Waals surface area contributed by atoms with Gasteiger partial charge in [-0.15, -0.1) is 0 Å². The predicted octanol–water partition coefficient (Wildman–Crippen LogP) is 0.616. The Balaban J connectivity index is 1.83. The third-order valence-electron chi connectivity index (χ3n) is 4.23. The van der Waals surface area contributed by atoms with Crippen LogP contribution in [0.2, 0.25) is 0 Å². The Morgan fingerprint density at radius 2 is 2.17 bits per heavy atom. The van der Waals surface area contributed by atoms with Crippen molar-refractivity contribution >= 4 is 0 Å². The molecule has 0 aromatic carbocycles. The Kier molecular flexibility index (Phi) is 3.22. The zero-order valence-electron chi connectivity index (χ0n) is 10.7. The highest BCUT2D eigenvalue weighted by molar-refractivity contribution is 5.16. The summed E-state index contributed by atoms with van der Waals surface area (Å²) in [6.07, 6.45) is 2.31. The van der Waals surface area contributed by atoms with Gasteiger partial charge in [0.1, 0.15) is 0 Å². The molecule has 0 amide bonds. The summed E-state index contributed by atoms with van der Waals surface area (Å²) in [5.41, 5.74) is 6.98. The van der Waals surface area contributed by atoms with E-state index in [1.807, 2.05) is 10.6 Å². The van der Waals surface area contributed by atoms with Crippen molar-refractivity contribution in [3.05, 3.63) is 34.2 Å². The van der Waals surface area contributed by atoms with E-state index in [9.17, 15) is 4.79 Å². The molecule has 2 aliphatic heterocycles. The molecule has 2 N–H and O–H groups in total. The third-order valence-corrected chi connectivity index (χ3v) is 4.23. The van der Waals surface area contributed by atoms with Crippen molar-refractivity contribution in [2.75, 3.05) is 26.2 Å². The molecule has 1 fully saturated rings. The van der Waals surface area contributed by atoms with Gasteiger partial charge in [0.05, 0.1) is 0 Å². The lowest BCUT2D eigenvalue weighted by atomic mass is 9.83. The van der Waals surface area contributed by atoms with E-state index in [0.717, 1.165) is 39.1 Å². The Bertz CT molecular complexity index is 482. The second-order valence-corrected chi connectivity index (χ2v) is 5.60. The van der Waals surface area contributed by atoms with Crippen LogP contribution in [-0.4, -0.2) is 35.6 Å². The van der Waals surface area contributed by atoms with Gasteiger partial charge in [-0.1, -0.05) is 6.07 Å². The minimum atomic E-state index is 0.164. The minimum absolute atomic E-state index is 0.164. The quantitative estimate of drug-likeness (QED) is 0.851.